The van der Waals surface area contributed by atoms with Crippen LogP contribution >= 0.6 is 15.9 Å². The number of rotatable bonds is 4. The smallest absolute Gasteiger partial charge is 0.236 e. The van der Waals surface area contributed by atoms with Gasteiger partial charge in [0.25, 0.3) is 0 Å². The van der Waals surface area contributed by atoms with Crippen molar-refractivity contribution in [2.24, 2.45) is 0 Å². The highest BCUT2D eigenvalue weighted by Crippen LogP contribution is 1.97. The maximum atomic E-state index is 10.9. The molecule has 0 radical (unpaired) electrons. The predicted octanol–water partition coefficient (Wildman–Crippen LogP) is 0.619. The first-order valence-electron chi connectivity index (χ1n) is 3.36. The lowest BCUT2D eigenvalue weighted by molar-refractivity contribution is -0.122. The summed E-state index contributed by atoms with van der Waals surface area (Å²) in [5.74, 6) is -0.0150. The molecule has 3 nitrogen and oxygen atoms in total. The van der Waals surface area contributed by atoms with E-state index in [0.29, 0.717) is 6.54 Å². The van der Waals surface area contributed by atoms with Crippen molar-refractivity contribution in [2.45, 2.75) is 13.0 Å². The van der Waals surface area contributed by atoms with E-state index in [9.17, 15) is 4.79 Å². The molecule has 0 rings (SSSR count). The first-order chi connectivity index (χ1) is 5.07. The quantitative estimate of drug-likeness (QED) is 0.730. The van der Waals surface area contributed by atoms with Crippen LogP contribution in [0.25, 0.3) is 0 Å². The van der Waals surface area contributed by atoms with Gasteiger partial charge in [0.15, 0.2) is 0 Å². The van der Waals surface area contributed by atoms with E-state index in [1.165, 1.54) is 0 Å². The van der Waals surface area contributed by atoms with Crippen LogP contribution in [0, 0.1) is 0 Å². The number of carbonyl (C=O) groups excluding carboxylic acids is 1. The first kappa shape index (κ1) is 10.7. The summed E-state index contributed by atoms with van der Waals surface area (Å²) in [7, 11) is 1.61. The van der Waals surface area contributed by atoms with Crippen molar-refractivity contribution in [1.29, 1.82) is 0 Å². The summed E-state index contributed by atoms with van der Waals surface area (Å²) in [6.07, 6.45) is 0. The number of carbonyl (C=O) groups is 1. The number of likely N-dealkylation sites (N-methyl/N-ethyl adjacent to an activating group) is 1. The molecule has 0 saturated carbocycles. The molecule has 0 aromatic carbocycles. The zero-order chi connectivity index (χ0) is 8.85. The largest absolute Gasteiger partial charge is 0.358 e. The van der Waals surface area contributed by atoms with Crippen molar-refractivity contribution in [3.8, 4) is 0 Å². The highest BCUT2D eigenvalue weighted by Gasteiger charge is 2.08. The molecule has 4 heteroatoms. The van der Waals surface area contributed by atoms with Crippen LogP contribution in [0.1, 0.15) is 6.92 Å². The second-order valence-corrected chi connectivity index (χ2v) is 3.36. The SMILES string of the molecule is C=C(Br)CNC(C)C(=O)NC. The van der Waals surface area contributed by atoms with E-state index in [1.807, 2.05) is 0 Å². The summed E-state index contributed by atoms with van der Waals surface area (Å²) < 4.78 is 0.841. The van der Waals surface area contributed by atoms with Gasteiger partial charge in [-0.15, -0.1) is 0 Å². The van der Waals surface area contributed by atoms with Gasteiger partial charge in [-0.2, -0.15) is 0 Å². The van der Waals surface area contributed by atoms with Crippen LogP contribution in [0.2, 0.25) is 0 Å². The number of halogens is 1. The maximum absolute atomic E-state index is 10.9. The lowest BCUT2D eigenvalue weighted by atomic mass is 10.3. The minimum absolute atomic E-state index is 0.0150. The zero-order valence-electron chi connectivity index (χ0n) is 6.78. The van der Waals surface area contributed by atoms with Crippen molar-refractivity contribution in [3.05, 3.63) is 11.1 Å². The molecule has 0 bridgehead atoms. The Morgan fingerprint density at radius 1 is 1.73 bits per heavy atom. The Morgan fingerprint density at radius 2 is 2.27 bits per heavy atom. The molecule has 0 heterocycles. The van der Waals surface area contributed by atoms with E-state index in [1.54, 1.807) is 14.0 Å². The maximum Gasteiger partial charge on any atom is 0.236 e. The van der Waals surface area contributed by atoms with Gasteiger partial charge in [-0.25, -0.2) is 0 Å². The molecule has 1 atom stereocenters. The first-order valence-corrected chi connectivity index (χ1v) is 4.15. The van der Waals surface area contributed by atoms with Crippen LogP contribution in [0.15, 0.2) is 11.1 Å². The van der Waals surface area contributed by atoms with Crippen molar-refractivity contribution in [2.75, 3.05) is 13.6 Å². The summed E-state index contributed by atoms with van der Waals surface area (Å²) >= 11 is 3.19. The van der Waals surface area contributed by atoms with Gasteiger partial charge in [-0.05, 0) is 6.92 Å². The van der Waals surface area contributed by atoms with Crippen LogP contribution in [-0.4, -0.2) is 25.5 Å². The standard InChI is InChI=1S/C7H13BrN2O/c1-5(8)4-10-6(2)7(11)9-3/h6,10H,1,4H2,2-3H3,(H,9,11). The average molecular weight is 221 g/mol. The van der Waals surface area contributed by atoms with Gasteiger partial charge in [0.05, 0.1) is 6.04 Å². The van der Waals surface area contributed by atoms with E-state index in [4.69, 9.17) is 0 Å². The number of hydrogen-bond acceptors (Lipinski definition) is 2. The molecular weight excluding hydrogens is 208 g/mol. The Hall–Kier alpha value is -0.350. The molecule has 0 fully saturated rings. The molecular formula is C7H13BrN2O. The Morgan fingerprint density at radius 3 is 2.64 bits per heavy atom. The third kappa shape index (κ3) is 4.98. The van der Waals surface area contributed by atoms with Crippen LogP contribution in [0.3, 0.4) is 0 Å². The van der Waals surface area contributed by atoms with Gasteiger partial charge in [0.1, 0.15) is 0 Å². The molecule has 0 aliphatic heterocycles. The van der Waals surface area contributed by atoms with E-state index < -0.39 is 0 Å². The lowest BCUT2D eigenvalue weighted by Gasteiger charge is -2.10. The molecule has 1 unspecified atom stereocenters. The van der Waals surface area contributed by atoms with Crippen LogP contribution < -0.4 is 10.6 Å². The summed E-state index contributed by atoms with van der Waals surface area (Å²) in [5.41, 5.74) is 0. The second kappa shape index (κ2) is 5.32. The second-order valence-electron chi connectivity index (χ2n) is 2.23. The normalized spacial score (nSPS) is 12.3. The summed E-state index contributed by atoms with van der Waals surface area (Å²) in [6, 6.07) is -0.172. The number of hydrogen-bond donors (Lipinski definition) is 2. The fraction of sp³-hybridized carbons (Fsp3) is 0.571. The highest BCUT2D eigenvalue weighted by atomic mass is 79.9. The van der Waals surface area contributed by atoms with Gasteiger partial charge in [0, 0.05) is 18.1 Å². The highest BCUT2D eigenvalue weighted by molar-refractivity contribution is 9.11. The molecule has 11 heavy (non-hydrogen) atoms. The Bertz CT molecular complexity index is 159. The molecule has 64 valence electrons. The molecule has 0 aromatic rings. The predicted molar refractivity (Wildman–Crippen MR) is 49.6 cm³/mol. The molecule has 0 saturated heterocycles. The van der Waals surface area contributed by atoms with Crippen molar-refractivity contribution in [1.82, 2.24) is 10.6 Å². The monoisotopic (exact) mass is 220 g/mol. The van der Waals surface area contributed by atoms with Crippen LogP contribution in [-0.2, 0) is 4.79 Å². The number of amides is 1. The molecule has 0 aromatic heterocycles. The van der Waals surface area contributed by atoms with Crippen molar-refractivity contribution >= 4 is 21.8 Å². The molecule has 2 N–H and O–H groups in total. The van der Waals surface area contributed by atoms with Crippen molar-refractivity contribution < 1.29 is 4.79 Å². The summed E-state index contributed by atoms with van der Waals surface area (Å²) in [6.45, 7) is 6.04. The van der Waals surface area contributed by atoms with Crippen LogP contribution in [0.4, 0.5) is 0 Å². The van der Waals surface area contributed by atoms with Gasteiger partial charge in [0.2, 0.25) is 5.91 Å². The average Bonchev–Trinajstić information content (AvgIpc) is 1.98. The molecule has 0 aliphatic carbocycles. The molecule has 1 amide bonds. The van der Waals surface area contributed by atoms with Gasteiger partial charge < -0.3 is 10.6 Å². The van der Waals surface area contributed by atoms with E-state index in [0.717, 1.165) is 4.48 Å². The fourth-order valence-corrected chi connectivity index (χ4v) is 0.735. The van der Waals surface area contributed by atoms with Crippen LogP contribution in [0.5, 0.6) is 0 Å². The minimum Gasteiger partial charge on any atom is -0.358 e. The Balaban J connectivity index is 3.60. The fourth-order valence-electron chi connectivity index (χ4n) is 0.573. The van der Waals surface area contributed by atoms with E-state index >= 15 is 0 Å². The molecule has 0 spiro atoms. The third-order valence-electron chi connectivity index (χ3n) is 1.24. The summed E-state index contributed by atoms with van der Waals surface area (Å²) in [5, 5.41) is 5.52. The topological polar surface area (TPSA) is 41.1 Å². The van der Waals surface area contributed by atoms with Crippen molar-refractivity contribution in [3.63, 3.8) is 0 Å². The van der Waals surface area contributed by atoms with E-state index in [2.05, 4.69) is 33.1 Å². The third-order valence-corrected chi connectivity index (χ3v) is 1.52. The Labute approximate surface area is 75.4 Å². The van der Waals surface area contributed by atoms with Gasteiger partial charge in [-0.1, -0.05) is 22.5 Å². The van der Waals surface area contributed by atoms with E-state index in [-0.39, 0.29) is 11.9 Å². The molecule has 0 aliphatic rings. The van der Waals surface area contributed by atoms with Gasteiger partial charge in [-0.3, -0.25) is 4.79 Å². The Kier molecular flexibility index (Phi) is 5.15. The number of nitrogens with one attached hydrogen (secondary N) is 2. The zero-order valence-corrected chi connectivity index (χ0v) is 8.36. The minimum atomic E-state index is -0.172. The summed E-state index contributed by atoms with van der Waals surface area (Å²) in [4.78, 5) is 10.9. The lowest BCUT2D eigenvalue weighted by Crippen LogP contribution is -2.40. The van der Waals surface area contributed by atoms with Gasteiger partial charge >= 0.3 is 0 Å².